The number of para-hydroxylation sites is 2. The monoisotopic (exact) mass is 438 g/mol. The van der Waals surface area contributed by atoms with Crippen molar-refractivity contribution in [2.75, 3.05) is 11.4 Å². The lowest BCUT2D eigenvalue weighted by molar-refractivity contribution is -0.124. The summed E-state index contributed by atoms with van der Waals surface area (Å²) in [5.74, 6) is 0.184. The maximum Gasteiger partial charge on any atom is 0.294 e. The molecular weight excluding hydrogens is 412 g/mol. The van der Waals surface area contributed by atoms with Crippen LogP contribution in [0.5, 0.6) is 5.75 Å². The fraction of sp³-hybridized carbons (Fsp3) is 0.360. The molecule has 1 aliphatic carbocycles. The lowest BCUT2D eigenvalue weighted by atomic mass is 9.97. The number of benzene rings is 2. The third-order valence-corrected chi connectivity index (χ3v) is 6.14. The first kappa shape index (κ1) is 21.4. The van der Waals surface area contributed by atoms with Gasteiger partial charge in [-0.3, -0.25) is 14.5 Å². The predicted molar refractivity (Wildman–Crippen MR) is 123 cm³/mol. The Balaban J connectivity index is 1.54. The Kier molecular flexibility index (Phi) is 6.92. The summed E-state index contributed by atoms with van der Waals surface area (Å²) in [5.41, 5.74) is 1.28. The maximum absolute atomic E-state index is 13.2. The predicted octanol–water partition coefficient (Wildman–Crippen LogP) is 5.34. The van der Waals surface area contributed by atoms with E-state index in [0.717, 1.165) is 25.7 Å². The topological polar surface area (TPSA) is 58.6 Å². The molecule has 0 unspecified atom stereocenters. The summed E-state index contributed by atoms with van der Waals surface area (Å²) in [6.45, 7) is -0.0461. The summed E-state index contributed by atoms with van der Waals surface area (Å²) in [4.78, 5) is 27.6. The molecule has 0 atom stereocenters. The van der Waals surface area contributed by atoms with Crippen LogP contribution in [0.3, 0.4) is 0 Å². The third-order valence-electron chi connectivity index (χ3n) is 5.80. The Hall–Kier alpha value is -2.79. The molecule has 6 heteroatoms. The molecule has 1 heterocycles. The van der Waals surface area contributed by atoms with Crippen LogP contribution < -0.4 is 15.0 Å². The second-order valence-electron chi connectivity index (χ2n) is 8.10. The molecule has 31 heavy (non-hydrogen) atoms. The van der Waals surface area contributed by atoms with Gasteiger partial charge in [0.2, 0.25) is 5.91 Å². The second kappa shape index (κ2) is 10.0. The summed E-state index contributed by atoms with van der Waals surface area (Å²) >= 11 is 6.26. The second-order valence-corrected chi connectivity index (χ2v) is 8.51. The van der Waals surface area contributed by atoms with E-state index < -0.39 is 0 Å². The van der Waals surface area contributed by atoms with Crippen LogP contribution in [0.2, 0.25) is 5.02 Å². The molecule has 1 saturated carbocycles. The molecule has 1 fully saturated rings. The molecule has 0 saturated heterocycles. The normalized spacial score (nSPS) is 18.7. The highest BCUT2D eigenvalue weighted by Crippen LogP contribution is 2.35. The van der Waals surface area contributed by atoms with E-state index in [9.17, 15) is 9.59 Å². The Morgan fingerprint density at radius 1 is 1.03 bits per heavy atom. The van der Waals surface area contributed by atoms with Gasteiger partial charge in [-0.05, 0) is 42.7 Å². The van der Waals surface area contributed by atoms with Crippen molar-refractivity contribution in [3.63, 3.8) is 0 Å². The molecule has 0 bridgehead atoms. The number of halogens is 1. The fourth-order valence-corrected chi connectivity index (χ4v) is 4.36. The van der Waals surface area contributed by atoms with Gasteiger partial charge in [-0.15, -0.1) is 0 Å². The molecule has 4 rings (SSSR count). The van der Waals surface area contributed by atoms with Gasteiger partial charge in [0, 0.05) is 11.1 Å². The van der Waals surface area contributed by atoms with Crippen molar-refractivity contribution in [3.05, 3.63) is 64.9 Å². The summed E-state index contributed by atoms with van der Waals surface area (Å²) < 4.78 is 5.87. The van der Waals surface area contributed by atoms with E-state index in [4.69, 9.17) is 16.3 Å². The van der Waals surface area contributed by atoms with Crippen LogP contribution >= 0.6 is 11.6 Å². The molecule has 2 aromatic carbocycles. The number of rotatable bonds is 4. The SMILES string of the molecule is O=C(CN1C(=O)C(=Cc2ccccc2Cl)Oc2ccccc21)NC1CCCCCCC1. The molecule has 162 valence electrons. The maximum atomic E-state index is 13.2. The van der Waals surface area contributed by atoms with Crippen LogP contribution in [-0.2, 0) is 9.59 Å². The quantitative estimate of drug-likeness (QED) is 0.656. The molecule has 2 amide bonds. The first-order valence-electron chi connectivity index (χ1n) is 11.0. The van der Waals surface area contributed by atoms with E-state index in [1.807, 2.05) is 30.3 Å². The standard InChI is InChI=1S/C25H27ClN2O3/c26-20-13-7-6-10-18(20)16-23-25(30)28(21-14-8-9-15-22(21)31-23)17-24(29)27-19-11-4-2-1-3-5-12-19/h6-10,13-16,19H,1-5,11-12,17H2,(H,27,29). The van der Waals surface area contributed by atoms with E-state index >= 15 is 0 Å². The summed E-state index contributed by atoms with van der Waals surface area (Å²) in [6, 6.07) is 14.7. The average molecular weight is 439 g/mol. The number of nitrogens with zero attached hydrogens (tertiary/aromatic N) is 1. The zero-order chi connectivity index (χ0) is 21.6. The highest BCUT2D eigenvalue weighted by molar-refractivity contribution is 6.32. The van der Waals surface area contributed by atoms with E-state index in [-0.39, 0.29) is 30.2 Å². The van der Waals surface area contributed by atoms with Gasteiger partial charge < -0.3 is 10.1 Å². The molecule has 1 aliphatic heterocycles. The lowest BCUT2D eigenvalue weighted by Gasteiger charge is -2.31. The Morgan fingerprint density at radius 3 is 2.48 bits per heavy atom. The number of amides is 2. The molecule has 2 aromatic rings. The minimum absolute atomic E-state index is 0.0461. The number of hydrogen-bond donors (Lipinski definition) is 1. The van der Waals surface area contributed by atoms with Crippen LogP contribution in [0, 0.1) is 0 Å². The van der Waals surface area contributed by atoms with E-state index in [1.54, 1.807) is 24.3 Å². The van der Waals surface area contributed by atoms with Crippen LogP contribution in [0.25, 0.3) is 6.08 Å². The lowest BCUT2D eigenvalue weighted by Crippen LogP contribution is -2.46. The Morgan fingerprint density at radius 2 is 1.71 bits per heavy atom. The largest absolute Gasteiger partial charge is 0.449 e. The minimum atomic E-state index is -0.355. The van der Waals surface area contributed by atoms with Crippen molar-refractivity contribution in [1.29, 1.82) is 0 Å². The molecule has 0 spiro atoms. The first-order chi connectivity index (χ1) is 15.1. The van der Waals surface area contributed by atoms with E-state index in [2.05, 4.69) is 5.32 Å². The van der Waals surface area contributed by atoms with Gasteiger partial charge in [0.15, 0.2) is 11.5 Å². The smallest absolute Gasteiger partial charge is 0.294 e. The number of carbonyl (C=O) groups excluding carboxylic acids is 2. The zero-order valence-electron chi connectivity index (χ0n) is 17.5. The van der Waals surface area contributed by atoms with Gasteiger partial charge in [0.05, 0.1) is 5.69 Å². The number of fused-ring (bicyclic) bond motifs is 1. The average Bonchev–Trinajstić information content (AvgIpc) is 2.74. The van der Waals surface area contributed by atoms with Gasteiger partial charge in [-0.1, -0.05) is 74.0 Å². The van der Waals surface area contributed by atoms with E-state index in [1.165, 1.54) is 24.2 Å². The molecule has 1 N–H and O–H groups in total. The fourth-order valence-electron chi connectivity index (χ4n) is 4.17. The van der Waals surface area contributed by atoms with Crippen molar-refractivity contribution in [2.45, 2.75) is 51.0 Å². The molecule has 2 aliphatic rings. The Labute approximate surface area is 188 Å². The van der Waals surface area contributed by atoms with Crippen LogP contribution in [0.1, 0.15) is 50.5 Å². The van der Waals surface area contributed by atoms with Gasteiger partial charge in [0.25, 0.3) is 5.91 Å². The van der Waals surface area contributed by atoms with Gasteiger partial charge in [-0.2, -0.15) is 0 Å². The highest BCUT2D eigenvalue weighted by atomic mass is 35.5. The number of carbonyl (C=O) groups is 2. The summed E-state index contributed by atoms with van der Waals surface area (Å²) in [5, 5.41) is 3.67. The summed E-state index contributed by atoms with van der Waals surface area (Å²) in [6.07, 6.45) is 9.61. The van der Waals surface area contributed by atoms with Gasteiger partial charge >= 0.3 is 0 Å². The molecule has 5 nitrogen and oxygen atoms in total. The number of anilines is 1. The number of ether oxygens (including phenoxy) is 1. The summed E-state index contributed by atoms with van der Waals surface area (Å²) in [7, 11) is 0. The van der Waals surface area contributed by atoms with Crippen molar-refractivity contribution < 1.29 is 14.3 Å². The van der Waals surface area contributed by atoms with Crippen molar-refractivity contribution in [3.8, 4) is 5.75 Å². The van der Waals surface area contributed by atoms with Crippen molar-refractivity contribution >= 4 is 35.2 Å². The van der Waals surface area contributed by atoms with Gasteiger partial charge in [-0.25, -0.2) is 0 Å². The van der Waals surface area contributed by atoms with Crippen LogP contribution in [-0.4, -0.2) is 24.4 Å². The van der Waals surface area contributed by atoms with Crippen LogP contribution in [0.4, 0.5) is 5.69 Å². The number of nitrogens with one attached hydrogen (secondary N) is 1. The van der Waals surface area contributed by atoms with Crippen molar-refractivity contribution in [2.24, 2.45) is 0 Å². The first-order valence-corrected chi connectivity index (χ1v) is 11.3. The molecule has 0 aromatic heterocycles. The number of hydrogen-bond acceptors (Lipinski definition) is 3. The third kappa shape index (κ3) is 5.28. The van der Waals surface area contributed by atoms with Crippen LogP contribution in [0.15, 0.2) is 54.3 Å². The molecule has 0 radical (unpaired) electrons. The van der Waals surface area contributed by atoms with Crippen molar-refractivity contribution in [1.82, 2.24) is 5.32 Å². The minimum Gasteiger partial charge on any atom is -0.449 e. The van der Waals surface area contributed by atoms with E-state index in [0.29, 0.717) is 22.0 Å². The molecular formula is C25H27ClN2O3. The van der Waals surface area contributed by atoms with Gasteiger partial charge in [0.1, 0.15) is 6.54 Å². The Bertz CT molecular complexity index is 980. The zero-order valence-corrected chi connectivity index (χ0v) is 18.2. The highest BCUT2D eigenvalue weighted by Gasteiger charge is 2.32.